The van der Waals surface area contributed by atoms with Crippen LogP contribution in [0.25, 0.3) is 0 Å². The molecule has 0 N–H and O–H groups in total. The normalized spacial score (nSPS) is 14.3. The number of fused-ring (bicyclic) bond motifs is 1. The molecule has 1 aromatic carbocycles. The number of aromatic nitrogens is 1. The maximum atomic E-state index is 12.8. The fourth-order valence-electron chi connectivity index (χ4n) is 2.68. The number of sulfonamides is 1. The molecule has 0 atom stereocenters. The lowest BCUT2D eigenvalue weighted by atomic mass is 10.1. The van der Waals surface area contributed by atoms with Gasteiger partial charge in [-0.2, -0.15) is 0 Å². The van der Waals surface area contributed by atoms with Gasteiger partial charge in [0, 0.05) is 6.54 Å². The van der Waals surface area contributed by atoms with Gasteiger partial charge in [-0.25, -0.2) is 8.42 Å². The summed E-state index contributed by atoms with van der Waals surface area (Å²) >= 11 is 0. The molecular formula is C14H16N2O4S. The smallest absolute Gasteiger partial charge is 0.269 e. The predicted molar refractivity (Wildman–Crippen MR) is 77.2 cm³/mol. The molecule has 2 heterocycles. The Balaban J connectivity index is 2.08. The minimum atomic E-state index is -3.65. The summed E-state index contributed by atoms with van der Waals surface area (Å²) in [6.07, 6.45) is 0.662. The summed E-state index contributed by atoms with van der Waals surface area (Å²) in [4.78, 5) is 0.158. The van der Waals surface area contributed by atoms with E-state index in [0.717, 1.165) is 11.3 Å². The molecule has 3 rings (SSSR count). The number of anilines is 1. The lowest BCUT2D eigenvalue weighted by molar-refractivity contribution is 0.390. The molecule has 0 fully saturated rings. The van der Waals surface area contributed by atoms with Crippen LogP contribution in [0, 0.1) is 13.8 Å². The maximum Gasteiger partial charge on any atom is 0.269 e. The molecule has 0 aliphatic carbocycles. The molecule has 0 saturated carbocycles. The van der Waals surface area contributed by atoms with Crippen LogP contribution in [-0.2, 0) is 16.4 Å². The minimum Gasteiger partial charge on any atom is -0.497 e. The SMILES string of the molecule is COc1ccc2c(c1)CCN2S(=O)(=O)c1c(C)noc1C. The number of benzene rings is 1. The summed E-state index contributed by atoms with van der Waals surface area (Å²) in [7, 11) is -2.06. The first-order chi connectivity index (χ1) is 9.95. The molecule has 7 heteroatoms. The van der Waals surface area contributed by atoms with Gasteiger partial charge in [-0.1, -0.05) is 5.16 Å². The first-order valence-electron chi connectivity index (χ1n) is 6.57. The molecule has 0 bridgehead atoms. The van der Waals surface area contributed by atoms with Crippen molar-refractivity contribution >= 4 is 15.7 Å². The van der Waals surface area contributed by atoms with E-state index in [-0.39, 0.29) is 4.90 Å². The third-order valence-corrected chi connectivity index (χ3v) is 5.71. The summed E-state index contributed by atoms with van der Waals surface area (Å²) in [6, 6.07) is 5.41. The number of hydrogen-bond acceptors (Lipinski definition) is 5. The zero-order valence-corrected chi connectivity index (χ0v) is 12.9. The molecule has 0 amide bonds. The van der Waals surface area contributed by atoms with Crippen molar-refractivity contribution in [3.05, 3.63) is 35.2 Å². The van der Waals surface area contributed by atoms with Crippen molar-refractivity contribution in [3.8, 4) is 5.75 Å². The molecule has 1 aromatic heterocycles. The van der Waals surface area contributed by atoms with Crippen molar-refractivity contribution in [2.45, 2.75) is 25.2 Å². The second-order valence-electron chi connectivity index (χ2n) is 4.98. The van der Waals surface area contributed by atoms with Crippen LogP contribution in [0.15, 0.2) is 27.6 Å². The first-order valence-corrected chi connectivity index (χ1v) is 8.01. The van der Waals surface area contributed by atoms with Gasteiger partial charge in [0.1, 0.15) is 11.4 Å². The summed E-state index contributed by atoms with van der Waals surface area (Å²) < 4.78 is 37.3. The fraction of sp³-hybridized carbons (Fsp3) is 0.357. The van der Waals surface area contributed by atoms with Gasteiger partial charge in [-0.15, -0.1) is 0 Å². The first kappa shape index (κ1) is 13.9. The van der Waals surface area contributed by atoms with Crippen LogP contribution in [0.1, 0.15) is 17.0 Å². The van der Waals surface area contributed by atoms with E-state index in [1.807, 2.05) is 6.07 Å². The lowest BCUT2D eigenvalue weighted by Crippen LogP contribution is -2.29. The van der Waals surface area contributed by atoms with E-state index in [0.29, 0.717) is 30.1 Å². The zero-order valence-electron chi connectivity index (χ0n) is 12.1. The highest BCUT2D eigenvalue weighted by Crippen LogP contribution is 2.36. The predicted octanol–water partition coefficient (Wildman–Crippen LogP) is 2.05. The Kier molecular flexibility index (Phi) is 3.16. The molecule has 0 saturated heterocycles. The van der Waals surface area contributed by atoms with Crippen LogP contribution in [0.5, 0.6) is 5.75 Å². The second kappa shape index (κ2) is 4.77. The van der Waals surface area contributed by atoms with E-state index in [1.165, 1.54) is 4.31 Å². The maximum absolute atomic E-state index is 12.8. The largest absolute Gasteiger partial charge is 0.497 e. The van der Waals surface area contributed by atoms with Gasteiger partial charge in [0.25, 0.3) is 10.0 Å². The van der Waals surface area contributed by atoms with Crippen molar-refractivity contribution in [1.29, 1.82) is 0 Å². The molecule has 1 aliphatic heterocycles. The number of methoxy groups -OCH3 is 1. The highest BCUT2D eigenvalue weighted by Gasteiger charge is 2.35. The van der Waals surface area contributed by atoms with Crippen LogP contribution >= 0.6 is 0 Å². The Labute approximate surface area is 123 Å². The van der Waals surface area contributed by atoms with Crippen LogP contribution in [0.4, 0.5) is 5.69 Å². The number of rotatable bonds is 3. The molecule has 0 radical (unpaired) electrons. The van der Waals surface area contributed by atoms with Crippen molar-refractivity contribution in [2.24, 2.45) is 0 Å². The highest BCUT2D eigenvalue weighted by molar-refractivity contribution is 7.93. The van der Waals surface area contributed by atoms with Gasteiger partial charge in [-0.05, 0) is 44.0 Å². The van der Waals surface area contributed by atoms with Gasteiger partial charge >= 0.3 is 0 Å². The van der Waals surface area contributed by atoms with Crippen LogP contribution in [-0.4, -0.2) is 27.2 Å². The molecule has 6 nitrogen and oxygen atoms in total. The Morgan fingerprint density at radius 3 is 2.71 bits per heavy atom. The standard InChI is InChI=1S/C14H16N2O4S/c1-9-14(10(2)20-15-9)21(17,18)16-7-6-11-8-12(19-3)4-5-13(11)16/h4-5,8H,6-7H2,1-3H3. The molecule has 0 spiro atoms. The Bertz CT molecular complexity index is 776. The lowest BCUT2D eigenvalue weighted by Gasteiger charge is -2.19. The highest BCUT2D eigenvalue weighted by atomic mass is 32.2. The van der Waals surface area contributed by atoms with Gasteiger partial charge in [0.05, 0.1) is 12.8 Å². The topological polar surface area (TPSA) is 72.6 Å². The fourth-order valence-corrected chi connectivity index (χ4v) is 4.48. The van der Waals surface area contributed by atoms with Gasteiger partial charge in [0.15, 0.2) is 10.7 Å². The van der Waals surface area contributed by atoms with Crippen LogP contribution < -0.4 is 9.04 Å². The minimum absolute atomic E-state index is 0.158. The summed E-state index contributed by atoms with van der Waals surface area (Å²) in [5.41, 5.74) is 2.04. The third-order valence-electron chi connectivity index (χ3n) is 3.66. The molecule has 21 heavy (non-hydrogen) atoms. The third kappa shape index (κ3) is 2.08. The number of hydrogen-bond donors (Lipinski definition) is 0. The van der Waals surface area contributed by atoms with Gasteiger partial charge in [0.2, 0.25) is 0 Å². The Morgan fingerprint density at radius 1 is 1.33 bits per heavy atom. The van der Waals surface area contributed by atoms with E-state index in [2.05, 4.69) is 5.16 Å². The van der Waals surface area contributed by atoms with E-state index < -0.39 is 10.0 Å². The van der Waals surface area contributed by atoms with E-state index in [4.69, 9.17) is 9.26 Å². The van der Waals surface area contributed by atoms with E-state index >= 15 is 0 Å². The van der Waals surface area contributed by atoms with E-state index in [9.17, 15) is 8.42 Å². The average Bonchev–Trinajstić information content (AvgIpc) is 3.02. The van der Waals surface area contributed by atoms with Crippen LogP contribution in [0.2, 0.25) is 0 Å². The zero-order chi connectivity index (χ0) is 15.2. The number of aryl methyl sites for hydroxylation is 2. The van der Waals surface area contributed by atoms with Crippen molar-refractivity contribution in [2.75, 3.05) is 18.0 Å². The Morgan fingerprint density at radius 2 is 2.10 bits per heavy atom. The monoisotopic (exact) mass is 308 g/mol. The second-order valence-corrected chi connectivity index (χ2v) is 6.77. The van der Waals surface area contributed by atoms with Crippen LogP contribution in [0.3, 0.4) is 0 Å². The molecule has 1 aliphatic rings. The Hall–Kier alpha value is -2.02. The summed E-state index contributed by atoms with van der Waals surface area (Å²) in [6.45, 7) is 3.65. The molecule has 2 aromatic rings. The van der Waals surface area contributed by atoms with Crippen molar-refractivity contribution < 1.29 is 17.7 Å². The quantitative estimate of drug-likeness (QED) is 0.867. The van der Waals surface area contributed by atoms with Crippen molar-refractivity contribution in [3.63, 3.8) is 0 Å². The summed E-state index contributed by atoms with van der Waals surface area (Å²) in [5, 5.41) is 3.74. The summed E-state index contributed by atoms with van der Waals surface area (Å²) in [5.74, 6) is 1.04. The van der Waals surface area contributed by atoms with E-state index in [1.54, 1.807) is 33.1 Å². The number of nitrogens with zero attached hydrogens (tertiary/aromatic N) is 2. The van der Waals surface area contributed by atoms with Gasteiger partial charge in [-0.3, -0.25) is 4.31 Å². The van der Waals surface area contributed by atoms with Crippen molar-refractivity contribution in [1.82, 2.24) is 5.16 Å². The molecule has 0 unspecified atom stereocenters. The average molecular weight is 308 g/mol. The molecular weight excluding hydrogens is 292 g/mol. The molecule has 112 valence electrons. The number of ether oxygens (including phenoxy) is 1. The van der Waals surface area contributed by atoms with Gasteiger partial charge < -0.3 is 9.26 Å².